The van der Waals surface area contributed by atoms with E-state index < -0.39 is 0 Å². The first-order chi connectivity index (χ1) is 9.26. The second-order valence-corrected chi connectivity index (χ2v) is 6.36. The fourth-order valence-corrected chi connectivity index (χ4v) is 3.59. The van der Waals surface area contributed by atoms with E-state index in [1.165, 1.54) is 62.9 Å². The van der Waals surface area contributed by atoms with E-state index >= 15 is 0 Å². The normalized spacial score (nSPS) is 23.0. The molecule has 19 heavy (non-hydrogen) atoms. The molecule has 0 atom stereocenters. The Bertz CT molecular complexity index is 398. The molecule has 0 aromatic heterocycles. The molecule has 1 aromatic carbocycles. The maximum atomic E-state index is 6.50. The molecule has 1 aromatic rings. The number of benzene rings is 1. The Balaban J connectivity index is 1.59. The Kier molecular flexibility index (Phi) is 3.90. The van der Waals surface area contributed by atoms with Crippen LogP contribution in [0.15, 0.2) is 24.3 Å². The van der Waals surface area contributed by atoms with Crippen LogP contribution in [0.2, 0.25) is 0 Å². The lowest BCUT2D eigenvalue weighted by Gasteiger charge is -2.24. The second-order valence-electron chi connectivity index (χ2n) is 6.36. The summed E-state index contributed by atoms with van der Waals surface area (Å²) in [5, 5.41) is 0. The third-order valence-electron chi connectivity index (χ3n) is 4.94. The van der Waals surface area contributed by atoms with Crippen molar-refractivity contribution in [2.45, 2.75) is 50.5 Å². The van der Waals surface area contributed by atoms with Gasteiger partial charge in [0.15, 0.2) is 0 Å². The minimum Gasteiger partial charge on any atom is -0.321 e. The molecular weight excluding hydrogens is 232 g/mol. The van der Waals surface area contributed by atoms with E-state index in [0.29, 0.717) is 0 Å². The summed E-state index contributed by atoms with van der Waals surface area (Å²) in [6, 6.07) is 9.12. The molecule has 0 bridgehead atoms. The van der Waals surface area contributed by atoms with Crippen LogP contribution in [-0.2, 0) is 12.0 Å². The summed E-state index contributed by atoms with van der Waals surface area (Å²) >= 11 is 0. The van der Waals surface area contributed by atoms with Crippen molar-refractivity contribution < 1.29 is 0 Å². The summed E-state index contributed by atoms with van der Waals surface area (Å²) in [5.74, 6) is 0. The van der Waals surface area contributed by atoms with Crippen LogP contribution in [0.4, 0.5) is 0 Å². The van der Waals surface area contributed by atoms with Gasteiger partial charge in [0, 0.05) is 12.1 Å². The molecule has 2 heteroatoms. The van der Waals surface area contributed by atoms with Crippen LogP contribution in [0.3, 0.4) is 0 Å². The average molecular weight is 258 g/mol. The molecule has 2 N–H and O–H groups in total. The van der Waals surface area contributed by atoms with Crippen LogP contribution in [0.25, 0.3) is 0 Å². The molecule has 0 amide bonds. The molecule has 1 heterocycles. The lowest BCUT2D eigenvalue weighted by Crippen LogP contribution is -2.32. The van der Waals surface area contributed by atoms with E-state index in [9.17, 15) is 0 Å². The smallest absolute Gasteiger partial charge is 0.0409 e. The molecule has 1 saturated heterocycles. The Morgan fingerprint density at radius 3 is 2.21 bits per heavy atom. The van der Waals surface area contributed by atoms with Crippen LogP contribution in [-0.4, -0.2) is 24.5 Å². The quantitative estimate of drug-likeness (QED) is 0.899. The summed E-state index contributed by atoms with van der Waals surface area (Å²) < 4.78 is 0. The van der Waals surface area contributed by atoms with E-state index in [1.807, 2.05) is 0 Å². The summed E-state index contributed by atoms with van der Waals surface area (Å²) in [4.78, 5) is 2.58. The highest BCUT2D eigenvalue weighted by Gasteiger charge is 2.30. The summed E-state index contributed by atoms with van der Waals surface area (Å²) in [6.45, 7) is 3.81. The molecule has 0 spiro atoms. The Labute approximate surface area is 117 Å². The van der Waals surface area contributed by atoms with Gasteiger partial charge in [0.1, 0.15) is 0 Å². The van der Waals surface area contributed by atoms with Gasteiger partial charge in [0.2, 0.25) is 0 Å². The van der Waals surface area contributed by atoms with Gasteiger partial charge in [-0.15, -0.1) is 0 Å². The largest absolute Gasteiger partial charge is 0.321 e. The third kappa shape index (κ3) is 3.01. The fourth-order valence-electron chi connectivity index (χ4n) is 3.59. The highest BCUT2D eigenvalue weighted by atomic mass is 15.1. The summed E-state index contributed by atoms with van der Waals surface area (Å²) in [5.41, 5.74) is 9.26. The topological polar surface area (TPSA) is 29.3 Å². The lowest BCUT2D eigenvalue weighted by molar-refractivity contribution is 0.343. The van der Waals surface area contributed by atoms with E-state index in [4.69, 9.17) is 5.73 Å². The number of hydrogen-bond acceptors (Lipinski definition) is 2. The summed E-state index contributed by atoms with van der Waals surface area (Å²) in [7, 11) is 0. The van der Waals surface area contributed by atoms with Crippen molar-refractivity contribution in [2.75, 3.05) is 19.6 Å². The van der Waals surface area contributed by atoms with Gasteiger partial charge < -0.3 is 10.6 Å². The van der Waals surface area contributed by atoms with Crippen molar-refractivity contribution in [3.05, 3.63) is 35.4 Å². The summed E-state index contributed by atoms with van der Waals surface area (Å²) in [6.07, 6.45) is 8.82. The van der Waals surface area contributed by atoms with Crippen molar-refractivity contribution in [3.8, 4) is 0 Å². The number of nitrogens with two attached hydrogens (primary N) is 1. The lowest BCUT2D eigenvalue weighted by atomic mass is 9.89. The van der Waals surface area contributed by atoms with Gasteiger partial charge in [-0.2, -0.15) is 0 Å². The van der Waals surface area contributed by atoms with Gasteiger partial charge in [-0.3, -0.25) is 0 Å². The maximum absolute atomic E-state index is 6.50. The predicted octanol–water partition coefficient (Wildman–Crippen LogP) is 3.05. The predicted molar refractivity (Wildman–Crippen MR) is 80.2 cm³/mol. The zero-order valence-electron chi connectivity index (χ0n) is 11.9. The fraction of sp³-hybridized carbons (Fsp3) is 0.647. The van der Waals surface area contributed by atoms with Gasteiger partial charge in [0.05, 0.1) is 0 Å². The molecule has 0 unspecified atom stereocenters. The Morgan fingerprint density at radius 2 is 1.58 bits per heavy atom. The van der Waals surface area contributed by atoms with Gasteiger partial charge >= 0.3 is 0 Å². The molecule has 3 rings (SSSR count). The van der Waals surface area contributed by atoms with Crippen LogP contribution < -0.4 is 5.73 Å². The molecule has 0 radical (unpaired) electrons. The third-order valence-corrected chi connectivity index (χ3v) is 4.94. The van der Waals surface area contributed by atoms with Gasteiger partial charge in [-0.05, 0) is 56.3 Å². The monoisotopic (exact) mass is 258 g/mol. The van der Waals surface area contributed by atoms with E-state index in [2.05, 4.69) is 29.2 Å². The van der Waals surface area contributed by atoms with E-state index in [0.717, 1.165) is 12.8 Å². The molecule has 1 aliphatic carbocycles. The molecule has 2 nitrogen and oxygen atoms in total. The van der Waals surface area contributed by atoms with Crippen LogP contribution in [0.5, 0.6) is 0 Å². The molecule has 104 valence electrons. The molecule has 1 aliphatic heterocycles. The minimum atomic E-state index is -0.0342. The van der Waals surface area contributed by atoms with Crippen molar-refractivity contribution >= 4 is 0 Å². The first-order valence-corrected chi connectivity index (χ1v) is 7.87. The number of hydrogen-bond donors (Lipinski definition) is 1. The Hall–Kier alpha value is -0.860. The van der Waals surface area contributed by atoms with Crippen molar-refractivity contribution in [1.82, 2.24) is 4.90 Å². The molecule has 2 fully saturated rings. The van der Waals surface area contributed by atoms with Gasteiger partial charge in [-0.25, -0.2) is 0 Å². The van der Waals surface area contributed by atoms with E-state index in [1.54, 1.807) is 0 Å². The maximum Gasteiger partial charge on any atom is 0.0409 e. The van der Waals surface area contributed by atoms with Crippen molar-refractivity contribution in [1.29, 1.82) is 0 Å². The van der Waals surface area contributed by atoms with E-state index in [-0.39, 0.29) is 5.54 Å². The van der Waals surface area contributed by atoms with Crippen molar-refractivity contribution in [3.63, 3.8) is 0 Å². The Morgan fingerprint density at radius 1 is 0.947 bits per heavy atom. The minimum absolute atomic E-state index is 0.0342. The molecule has 1 saturated carbocycles. The average Bonchev–Trinajstić information content (AvgIpc) is 3.09. The molecule has 2 aliphatic rings. The van der Waals surface area contributed by atoms with Gasteiger partial charge in [-0.1, -0.05) is 37.1 Å². The van der Waals surface area contributed by atoms with Gasteiger partial charge in [0.25, 0.3) is 0 Å². The highest BCUT2D eigenvalue weighted by molar-refractivity contribution is 5.29. The SMILES string of the molecule is NC1(c2ccc(CCN3CCCC3)cc2)CCCC1. The number of likely N-dealkylation sites (tertiary alicyclic amines) is 1. The van der Waals surface area contributed by atoms with Crippen molar-refractivity contribution in [2.24, 2.45) is 5.73 Å². The zero-order chi connectivity index (χ0) is 13.1. The standard InChI is InChI=1S/C17H26N2/c18-17(10-1-2-11-17)16-7-5-15(6-8-16)9-14-19-12-3-4-13-19/h5-8H,1-4,9-14,18H2. The van der Waals surface area contributed by atoms with Crippen LogP contribution in [0.1, 0.15) is 49.7 Å². The number of nitrogens with zero attached hydrogens (tertiary/aromatic N) is 1. The molecular formula is C17H26N2. The van der Waals surface area contributed by atoms with Crippen LogP contribution in [0, 0.1) is 0 Å². The first-order valence-electron chi connectivity index (χ1n) is 7.87. The zero-order valence-corrected chi connectivity index (χ0v) is 11.9. The first kappa shape index (κ1) is 13.1. The second kappa shape index (κ2) is 5.64. The highest BCUT2D eigenvalue weighted by Crippen LogP contribution is 2.36. The number of rotatable bonds is 4. The van der Waals surface area contributed by atoms with Crippen LogP contribution >= 0.6 is 0 Å².